The Kier molecular flexibility index (Phi) is 3.70. The number of nitrogens with zero attached hydrogens (tertiary/aromatic N) is 1. The Morgan fingerprint density at radius 2 is 2.31 bits per heavy atom. The van der Waals surface area contributed by atoms with E-state index in [-0.39, 0.29) is 12.4 Å². The zero-order chi connectivity index (χ0) is 8.39. The van der Waals surface area contributed by atoms with Crippen molar-refractivity contribution in [2.75, 3.05) is 0 Å². The summed E-state index contributed by atoms with van der Waals surface area (Å²) >= 11 is 0. The van der Waals surface area contributed by atoms with Gasteiger partial charge in [0.05, 0.1) is 0 Å². The molecule has 3 heteroatoms. The third-order valence-corrected chi connectivity index (χ3v) is 2.25. The summed E-state index contributed by atoms with van der Waals surface area (Å²) in [6, 6.07) is 5.32. The van der Waals surface area contributed by atoms with E-state index in [1.54, 1.807) is 0 Å². The normalized spacial score (nSPS) is 17.6. The summed E-state index contributed by atoms with van der Waals surface area (Å²) in [5.74, 6) is 0. The Hall–Kier alpha value is -0.600. The highest BCUT2D eigenvalue weighted by molar-refractivity contribution is 5.85. The van der Waals surface area contributed by atoms with Crippen LogP contribution in [0.2, 0.25) is 0 Å². The molecule has 0 aliphatic heterocycles. The molecule has 1 unspecified atom stereocenters. The van der Waals surface area contributed by atoms with Crippen LogP contribution >= 0.6 is 12.4 Å². The average molecular weight is 199 g/mol. The first kappa shape index (κ1) is 10.5. The van der Waals surface area contributed by atoms with Crippen LogP contribution in [0.25, 0.3) is 0 Å². The van der Waals surface area contributed by atoms with Gasteiger partial charge < -0.3 is 5.32 Å². The van der Waals surface area contributed by atoms with Crippen molar-refractivity contribution < 1.29 is 0 Å². The molecule has 2 nitrogen and oxygen atoms in total. The van der Waals surface area contributed by atoms with Gasteiger partial charge in [-0.1, -0.05) is 6.07 Å². The highest BCUT2D eigenvalue weighted by Gasteiger charge is 2.22. The number of rotatable bonds is 3. The molecule has 1 aromatic rings. The molecule has 13 heavy (non-hydrogen) atoms. The molecule has 0 amide bonds. The summed E-state index contributed by atoms with van der Waals surface area (Å²) in [6.45, 7) is 2.19. The van der Waals surface area contributed by atoms with E-state index in [0.29, 0.717) is 6.04 Å². The molecule has 1 aliphatic rings. The third-order valence-electron chi connectivity index (χ3n) is 2.25. The fourth-order valence-corrected chi connectivity index (χ4v) is 1.33. The van der Waals surface area contributed by atoms with Crippen LogP contribution in [0.5, 0.6) is 0 Å². The van der Waals surface area contributed by atoms with Crippen molar-refractivity contribution in [3.05, 3.63) is 30.1 Å². The van der Waals surface area contributed by atoms with Crippen LogP contribution in [0.15, 0.2) is 24.5 Å². The maximum Gasteiger partial charge on any atom is 0.0315 e. The van der Waals surface area contributed by atoms with Crippen LogP contribution in [0, 0.1) is 0 Å². The van der Waals surface area contributed by atoms with E-state index in [1.807, 2.05) is 18.5 Å². The molecule has 0 bridgehead atoms. The Morgan fingerprint density at radius 3 is 2.85 bits per heavy atom. The lowest BCUT2D eigenvalue weighted by Crippen LogP contribution is -2.20. The lowest BCUT2D eigenvalue weighted by Gasteiger charge is -2.12. The maximum atomic E-state index is 4.09. The van der Waals surface area contributed by atoms with Crippen molar-refractivity contribution in [3.63, 3.8) is 0 Å². The number of hydrogen-bond donors (Lipinski definition) is 1. The molecule has 2 rings (SSSR count). The molecular formula is C10H15ClN2. The summed E-state index contributed by atoms with van der Waals surface area (Å²) in [6.07, 6.45) is 6.42. The number of pyridine rings is 1. The van der Waals surface area contributed by atoms with E-state index < -0.39 is 0 Å². The molecule has 1 fully saturated rings. The molecule has 1 atom stereocenters. The number of halogens is 1. The average Bonchev–Trinajstić information content (AvgIpc) is 2.90. The Balaban J connectivity index is 0.000000845. The van der Waals surface area contributed by atoms with Gasteiger partial charge in [0.25, 0.3) is 0 Å². The van der Waals surface area contributed by atoms with Crippen LogP contribution in [0.4, 0.5) is 0 Å². The Labute approximate surface area is 85.2 Å². The SMILES string of the molecule is CC(NC1CC1)c1cccnc1.Cl. The standard InChI is InChI=1S/C10H14N2.ClH/c1-8(12-10-4-5-10)9-3-2-6-11-7-9;/h2-3,6-8,10,12H,4-5H2,1H3;1H. The van der Waals surface area contributed by atoms with Crippen LogP contribution < -0.4 is 5.32 Å². The van der Waals surface area contributed by atoms with Crippen LogP contribution in [-0.4, -0.2) is 11.0 Å². The second-order valence-corrected chi connectivity index (χ2v) is 3.45. The van der Waals surface area contributed by atoms with Gasteiger partial charge in [0.15, 0.2) is 0 Å². The van der Waals surface area contributed by atoms with E-state index in [0.717, 1.165) is 6.04 Å². The van der Waals surface area contributed by atoms with Gasteiger partial charge in [0, 0.05) is 24.5 Å². The summed E-state index contributed by atoms with van der Waals surface area (Å²) in [7, 11) is 0. The van der Waals surface area contributed by atoms with Crippen molar-refractivity contribution in [2.45, 2.75) is 31.8 Å². The van der Waals surface area contributed by atoms with Gasteiger partial charge in [-0.25, -0.2) is 0 Å². The second kappa shape index (κ2) is 4.58. The van der Waals surface area contributed by atoms with Gasteiger partial charge in [-0.2, -0.15) is 0 Å². The first-order valence-corrected chi connectivity index (χ1v) is 4.52. The fourth-order valence-electron chi connectivity index (χ4n) is 1.33. The molecule has 1 N–H and O–H groups in total. The minimum Gasteiger partial charge on any atom is -0.307 e. The third kappa shape index (κ3) is 2.98. The maximum absolute atomic E-state index is 4.09. The number of aromatic nitrogens is 1. The number of nitrogens with one attached hydrogen (secondary N) is 1. The van der Waals surface area contributed by atoms with Crippen LogP contribution in [0.1, 0.15) is 31.4 Å². The second-order valence-electron chi connectivity index (χ2n) is 3.45. The lowest BCUT2D eigenvalue weighted by atomic mass is 10.1. The highest BCUT2D eigenvalue weighted by atomic mass is 35.5. The van der Waals surface area contributed by atoms with Crippen molar-refractivity contribution in [2.24, 2.45) is 0 Å². The molecule has 1 heterocycles. The van der Waals surface area contributed by atoms with Crippen molar-refractivity contribution in [3.8, 4) is 0 Å². The molecule has 1 aliphatic carbocycles. The van der Waals surface area contributed by atoms with E-state index >= 15 is 0 Å². The largest absolute Gasteiger partial charge is 0.307 e. The molecule has 0 spiro atoms. The quantitative estimate of drug-likeness (QED) is 0.807. The zero-order valence-electron chi connectivity index (χ0n) is 7.73. The first-order chi connectivity index (χ1) is 5.86. The van der Waals surface area contributed by atoms with Crippen LogP contribution in [-0.2, 0) is 0 Å². The molecule has 1 saturated carbocycles. The minimum atomic E-state index is 0. The minimum absolute atomic E-state index is 0. The fraction of sp³-hybridized carbons (Fsp3) is 0.500. The van der Waals surface area contributed by atoms with E-state index in [1.165, 1.54) is 18.4 Å². The van der Waals surface area contributed by atoms with Crippen molar-refractivity contribution in [1.29, 1.82) is 0 Å². The summed E-state index contributed by atoms with van der Waals surface area (Å²) in [4.78, 5) is 4.09. The van der Waals surface area contributed by atoms with Gasteiger partial charge >= 0.3 is 0 Å². The van der Waals surface area contributed by atoms with Gasteiger partial charge in [-0.3, -0.25) is 4.98 Å². The first-order valence-electron chi connectivity index (χ1n) is 4.52. The molecule has 0 saturated heterocycles. The van der Waals surface area contributed by atoms with Crippen molar-refractivity contribution in [1.82, 2.24) is 10.3 Å². The summed E-state index contributed by atoms with van der Waals surface area (Å²) < 4.78 is 0. The molecule has 72 valence electrons. The molecule has 0 radical (unpaired) electrons. The predicted octanol–water partition coefficient (Wildman–Crippen LogP) is 2.32. The molecule has 0 aromatic carbocycles. The van der Waals surface area contributed by atoms with Gasteiger partial charge in [-0.15, -0.1) is 12.4 Å². The predicted molar refractivity (Wildman–Crippen MR) is 56.1 cm³/mol. The summed E-state index contributed by atoms with van der Waals surface area (Å²) in [5, 5.41) is 3.53. The smallest absolute Gasteiger partial charge is 0.0315 e. The van der Waals surface area contributed by atoms with Gasteiger partial charge in [0.2, 0.25) is 0 Å². The summed E-state index contributed by atoms with van der Waals surface area (Å²) in [5.41, 5.74) is 1.28. The lowest BCUT2D eigenvalue weighted by molar-refractivity contribution is 0.569. The van der Waals surface area contributed by atoms with Crippen LogP contribution in [0.3, 0.4) is 0 Å². The number of hydrogen-bond acceptors (Lipinski definition) is 2. The Bertz CT molecular complexity index is 246. The van der Waals surface area contributed by atoms with E-state index in [4.69, 9.17) is 0 Å². The monoisotopic (exact) mass is 198 g/mol. The molecule has 1 aromatic heterocycles. The van der Waals surface area contributed by atoms with E-state index in [2.05, 4.69) is 23.3 Å². The Morgan fingerprint density at radius 1 is 1.54 bits per heavy atom. The molecular weight excluding hydrogens is 184 g/mol. The highest BCUT2D eigenvalue weighted by Crippen LogP contribution is 2.23. The van der Waals surface area contributed by atoms with E-state index in [9.17, 15) is 0 Å². The van der Waals surface area contributed by atoms with Crippen molar-refractivity contribution >= 4 is 12.4 Å². The van der Waals surface area contributed by atoms with Gasteiger partial charge in [-0.05, 0) is 31.4 Å². The zero-order valence-corrected chi connectivity index (χ0v) is 8.55. The van der Waals surface area contributed by atoms with Gasteiger partial charge in [0.1, 0.15) is 0 Å². The topological polar surface area (TPSA) is 24.9 Å².